The molecule has 1 unspecified atom stereocenters. The molecular weight excluding hydrogens is 332 g/mol. The van der Waals surface area contributed by atoms with Crippen LogP contribution in [0.3, 0.4) is 0 Å². The van der Waals surface area contributed by atoms with E-state index < -0.39 is 10.0 Å². The molecule has 0 N–H and O–H groups in total. The van der Waals surface area contributed by atoms with Crippen LogP contribution < -0.4 is 0 Å². The standard InChI is InChI=1S/C8H11INO2PS/c1-10(13-2)14(11,12)8-5-3-7(9)4-6-8/h3-6,13H,1-2H3. The summed E-state index contributed by atoms with van der Waals surface area (Å²) in [6.07, 6.45) is 0. The van der Waals surface area contributed by atoms with Crippen molar-refractivity contribution in [1.82, 2.24) is 4.08 Å². The molecule has 6 heteroatoms. The van der Waals surface area contributed by atoms with Gasteiger partial charge < -0.3 is 0 Å². The summed E-state index contributed by atoms with van der Waals surface area (Å²) in [6.45, 7) is 1.84. The van der Waals surface area contributed by atoms with E-state index >= 15 is 0 Å². The minimum Gasteiger partial charge on any atom is -0.207 e. The summed E-state index contributed by atoms with van der Waals surface area (Å²) < 4.78 is 26.0. The van der Waals surface area contributed by atoms with Crippen LogP contribution >= 0.6 is 31.3 Å². The van der Waals surface area contributed by atoms with Crippen molar-refractivity contribution in [3.8, 4) is 0 Å². The largest absolute Gasteiger partial charge is 0.245 e. The minimum atomic E-state index is -3.26. The Labute approximate surface area is 99.9 Å². The van der Waals surface area contributed by atoms with Gasteiger partial charge in [0.15, 0.2) is 0 Å². The zero-order chi connectivity index (χ0) is 10.8. The van der Waals surface area contributed by atoms with E-state index in [-0.39, 0.29) is 8.73 Å². The zero-order valence-electron chi connectivity index (χ0n) is 7.86. The highest BCUT2D eigenvalue weighted by Gasteiger charge is 2.18. The van der Waals surface area contributed by atoms with Crippen molar-refractivity contribution in [3.05, 3.63) is 27.8 Å². The van der Waals surface area contributed by atoms with E-state index in [1.165, 1.54) is 4.08 Å². The highest BCUT2D eigenvalue weighted by Crippen LogP contribution is 2.23. The van der Waals surface area contributed by atoms with Crippen LogP contribution in [0.4, 0.5) is 0 Å². The van der Waals surface area contributed by atoms with E-state index in [0.717, 1.165) is 3.57 Å². The van der Waals surface area contributed by atoms with Crippen LogP contribution in [0.1, 0.15) is 0 Å². The fraction of sp³-hybridized carbons (Fsp3) is 0.250. The Morgan fingerprint density at radius 2 is 1.79 bits per heavy atom. The fourth-order valence-corrected chi connectivity index (χ4v) is 3.32. The van der Waals surface area contributed by atoms with Gasteiger partial charge in [-0.15, -0.1) is 0 Å². The second kappa shape index (κ2) is 4.88. The van der Waals surface area contributed by atoms with E-state index in [2.05, 4.69) is 22.6 Å². The maximum absolute atomic E-state index is 11.8. The molecule has 0 aromatic heterocycles. The molecule has 0 spiro atoms. The third kappa shape index (κ3) is 2.66. The van der Waals surface area contributed by atoms with Gasteiger partial charge in [-0.05, 0) is 62.3 Å². The maximum atomic E-state index is 11.8. The average molecular weight is 343 g/mol. The Hall–Kier alpha value is 0.290. The van der Waals surface area contributed by atoms with Crippen molar-refractivity contribution in [2.24, 2.45) is 0 Å². The molecule has 0 amide bonds. The van der Waals surface area contributed by atoms with Crippen molar-refractivity contribution in [3.63, 3.8) is 0 Å². The van der Waals surface area contributed by atoms with Gasteiger partial charge in [-0.2, -0.15) is 4.08 Å². The lowest BCUT2D eigenvalue weighted by molar-refractivity contribution is 0.563. The van der Waals surface area contributed by atoms with Crippen LogP contribution in [0, 0.1) is 3.57 Å². The molecule has 0 radical (unpaired) electrons. The average Bonchev–Trinajstić information content (AvgIpc) is 2.17. The molecule has 0 fully saturated rings. The van der Waals surface area contributed by atoms with E-state index in [1.807, 2.05) is 6.66 Å². The number of halogens is 1. The van der Waals surface area contributed by atoms with Gasteiger partial charge in [0, 0.05) is 10.6 Å². The van der Waals surface area contributed by atoms with Crippen LogP contribution in [0.25, 0.3) is 0 Å². The molecule has 0 bridgehead atoms. The van der Waals surface area contributed by atoms with E-state index in [0.29, 0.717) is 4.90 Å². The van der Waals surface area contributed by atoms with Gasteiger partial charge >= 0.3 is 0 Å². The summed E-state index contributed by atoms with van der Waals surface area (Å²) in [5.74, 6) is 0. The summed E-state index contributed by atoms with van der Waals surface area (Å²) in [7, 11) is -1.43. The van der Waals surface area contributed by atoms with Crippen LogP contribution in [0.5, 0.6) is 0 Å². The minimum absolute atomic E-state index is 0.249. The van der Waals surface area contributed by atoms with Crippen LogP contribution in [0.15, 0.2) is 29.2 Å². The summed E-state index contributed by atoms with van der Waals surface area (Å²) in [4.78, 5) is 0.356. The molecule has 78 valence electrons. The lowest BCUT2D eigenvalue weighted by atomic mass is 10.4. The molecule has 14 heavy (non-hydrogen) atoms. The molecule has 1 aromatic rings. The topological polar surface area (TPSA) is 37.4 Å². The van der Waals surface area contributed by atoms with E-state index in [9.17, 15) is 8.42 Å². The molecule has 0 aliphatic heterocycles. The summed E-state index contributed by atoms with van der Waals surface area (Å²) >= 11 is 2.14. The quantitative estimate of drug-likeness (QED) is 0.623. The molecule has 3 nitrogen and oxygen atoms in total. The van der Waals surface area contributed by atoms with Gasteiger partial charge in [0.25, 0.3) is 0 Å². The third-order valence-electron chi connectivity index (χ3n) is 1.79. The first-order chi connectivity index (χ1) is 6.48. The smallest absolute Gasteiger partial charge is 0.207 e. The van der Waals surface area contributed by atoms with Crippen molar-refractivity contribution in [2.45, 2.75) is 4.90 Å². The Balaban J connectivity index is 3.11. The number of rotatable bonds is 3. The van der Waals surface area contributed by atoms with Crippen LogP contribution in [-0.4, -0.2) is 26.2 Å². The Kier molecular flexibility index (Phi) is 4.30. The van der Waals surface area contributed by atoms with Gasteiger partial charge in [0.2, 0.25) is 10.0 Å². The molecule has 1 aromatic carbocycles. The van der Waals surface area contributed by atoms with Gasteiger partial charge in [-0.1, -0.05) is 0 Å². The molecule has 0 saturated heterocycles. The number of nitrogens with zero attached hydrogens (tertiary/aromatic N) is 1. The zero-order valence-corrected chi connectivity index (χ0v) is 11.8. The molecular formula is C8H11INO2PS. The highest BCUT2D eigenvalue weighted by atomic mass is 127. The summed E-state index contributed by atoms with van der Waals surface area (Å²) in [5.41, 5.74) is 0. The Bertz CT molecular complexity index is 404. The molecule has 1 rings (SSSR count). The molecule has 0 saturated carbocycles. The second-order valence-electron chi connectivity index (χ2n) is 2.65. The predicted octanol–water partition coefficient (Wildman–Crippen LogP) is 2.13. The SMILES string of the molecule is CPN(C)S(=O)(=O)c1ccc(I)cc1. The van der Waals surface area contributed by atoms with Gasteiger partial charge in [0.05, 0.1) is 4.90 Å². The molecule has 0 aliphatic rings. The molecule has 0 heterocycles. The lowest BCUT2D eigenvalue weighted by Crippen LogP contribution is -2.18. The highest BCUT2D eigenvalue weighted by molar-refractivity contribution is 14.1. The van der Waals surface area contributed by atoms with Gasteiger partial charge in [-0.3, -0.25) is 0 Å². The first-order valence-electron chi connectivity index (χ1n) is 3.90. The number of sulfonamides is 1. The Morgan fingerprint density at radius 1 is 1.29 bits per heavy atom. The summed E-state index contributed by atoms with van der Waals surface area (Å²) in [6, 6.07) is 6.85. The monoisotopic (exact) mass is 343 g/mol. The lowest BCUT2D eigenvalue weighted by Gasteiger charge is -2.14. The van der Waals surface area contributed by atoms with Gasteiger partial charge in [0.1, 0.15) is 0 Å². The number of hydrogen-bond acceptors (Lipinski definition) is 2. The van der Waals surface area contributed by atoms with Crippen molar-refractivity contribution in [2.75, 3.05) is 13.7 Å². The number of benzene rings is 1. The molecule has 0 aliphatic carbocycles. The second-order valence-corrected chi connectivity index (χ2v) is 7.31. The first-order valence-corrected chi connectivity index (χ1v) is 7.87. The van der Waals surface area contributed by atoms with E-state index in [1.54, 1.807) is 31.3 Å². The third-order valence-corrected chi connectivity index (χ3v) is 5.99. The van der Waals surface area contributed by atoms with E-state index in [4.69, 9.17) is 0 Å². The van der Waals surface area contributed by atoms with Crippen LogP contribution in [0.2, 0.25) is 0 Å². The fourth-order valence-electron chi connectivity index (χ4n) is 0.885. The van der Waals surface area contributed by atoms with Crippen LogP contribution in [-0.2, 0) is 10.0 Å². The summed E-state index contributed by atoms with van der Waals surface area (Å²) in [5, 5.41) is 0. The Morgan fingerprint density at radius 3 is 2.21 bits per heavy atom. The number of hydrogen-bond donors (Lipinski definition) is 0. The maximum Gasteiger partial charge on any atom is 0.245 e. The molecule has 1 atom stereocenters. The first kappa shape index (κ1) is 12.4. The normalized spacial score (nSPS) is 12.9. The van der Waals surface area contributed by atoms with Crippen molar-refractivity contribution >= 4 is 41.3 Å². The van der Waals surface area contributed by atoms with Crippen molar-refractivity contribution in [1.29, 1.82) is 0 Å². The predicted molar refractivity (Wildman–Crippen MR) is 68.3 cm³/mol. The van der Waals surface area contributed by atoms with Crippen molar-refractivity contribution < 1.29 is 8.42 Å². The van der Waals surface area contributed by atoms with Gasteiger partial charge in [-0.25, -0.2) is 8.42 Å².